The van der Waals surface area contributed by atoms with Crippen LogP contribution in [0.3, 0.4) is 0 Å². The normalized spacial score (nSPS) is 10.9. The van der Waals surface area contributed by atoms with Crippen molar-refractivity contribution in [1.82, 2.24) is 4.98 Å². The fraction of sp³-hybridized carbons (Fsp3) is 0.188. The second kappa shape index (κ2) is 7.13. The van der Waals surface area contributed by atoms with E-state index in [-0.39, 0.29) is 0 Å². The Morgan fingerprint density at radius 3 is 2.45 bits per heavy atom. The van der Waals surface area contributed by atoms with Crippen molar-refractivity contribution in [1.29, 1.82) is 10.5 Å². The molecule has 2 rings (SSSR count). The number of rotatable bonds is 4. The quantitative estimate of drug-likeness (QED) is 0.504. The van der Waals surface area contributed by atoms with E-state index < -0.39 is 0 Å². The van der Waals surface area contributed by atoms with Gasteiger partial charge in [-0.05, 0) is 55.8 Å². The van der Waals surface area contributed by atoms with Gasteiger partial charge in [0.05, 0.1) is 0 Å². The number of nitrogens with zero attached hydrogens (tertiary/aromatic N) is 3. The molecular formula is C16H14N4S2. The van der Waals surface area contributed by atoms with Crippen LogP contribution in [0.1, 0.15) is 21.8 Å². The molecule has 6 heteroatoms. The van der Waals surface area contributed by atoms with Crippen LogP contribution in [0.4, 0.5) is 5.69 Å². The van der Waals surface area contributed by atoms with Gasteiger partial charge >= 0.3 is 0 Å². The lowest BCUT2D eigenvalue weighted by atomic mass is 10.1. The van der Waals surface area contributed by atoms with E-state index in [0.717, 1.165) is 39.2 Å². The Bertz CT molecular complexity index is 783. The first kappa shape index (κ1) is 16.1. The molecule has 0 unspecified atom stereocenters. The number of benzene rings is 1. The molecule has 0 spiro atoms. The SMILES string of the molecule is Cc1csc(/C(C#N)=C/Nc2c(C)cc(SC#N)cc2C)n1. The Labute approximate surface area is 138 Å². The van der Waals surface area contributed by atoms with Gasteiger partial charge in [-0.3, -0.25) is 0 Å². The third-order valence-electron chi connectivity index (χ3n) is 3.00. The lowest BCUT2D eigenvalue weighted by molar-refractivity contribution is 1.24. The topological polar surface area (TPSA) is 72.5 Å². The lowest BCUT2D eigenvalue weighted by Crippen LogP contribution is -1.97. The Hall–Kier alpha value is -2.28. The summed E-state index contributed by atoms with van der Waals surface area (Å²) in [6.45, 7) is 5.86. The molecule has 1 heterocycles. The highest BCUT2D eigenvalue weighted by molar-refractivity contribution is 8.03. The number of nitrogens with one attached hydrogen (secondary N) is 1. The van der Waals surface area contributed by atoms with Gasteiger partial charge in [0.15, 0.2) is 0 Å². The molecule has 1 aromatic heterocycles. The highest BCUT2D eigenvalue weighted by Gasteiger charge is 2.08. The predicted molar refractivity (Wildman–Crippen MR) is 91.4 cm³/mol. The largest absolute Gasteiger partial charge is 0.360 e. The predicted octanol–water partition coefficient (Wildman–Crippen LogP) is 4.62. The molecule has 0 saturated carbocycles. The maximum Gasteiger partial charge on any atom is 0.138 e. The summed E-state index contributed by atoms with van der Waals surface area (Å²) in [6.07, 6.45) is 1.69. The van der Waals surface area contributed by atoms with Crippen molar-refractivity contribution in [3.63, 3.8) is 0 Å². The van der Waals surface area contributed by atoms with Gasteiger partial charge in [0.1, 0.15) is 22.1 Å². The minimum atomic E-state index is 0.507. The van der Waals surface area contributed by atoms with Gasteiger partial charge in [0, 0.05) is 27.9 Å². The number of hydrogen-bond acceptors (Lipinski definition) is 6. The van der Waals surface area contributed by atoms with Crippen molar-refractivity contribution < 1.29 is 0 Å². The van der Waals surface area contributed by atoms with Gasteiger partial charge in [-0.1, -0.05) is 0 Å². The molecular weight excluding hydrogens is 312 g/mol. The third-order valence-corrected chi connectivity index (χ3v) is 4.56. The molecule has 1 aromatic carbocycles. The molecule has 1 N–H and O–H groups in total. The van der Waals surface area contributed by atoms with Crippen molar-refractivity contribution in [3.05, 3.63) is 45.5 Å². The van der Waals surface area contributed by atoms with Crippen LogP contribution in [-0.2, 0) is 0 Å². The van der Waals surface area contributed by atoms with E-state index in [4.69, 9.17) is 5.26 Å². The van der Waals surface area contributed by atoms with Crippen LogP contribution in [0.5, 0.6) is 0 Å². The van der Waals surface area contributed by atoms with Crippen LogP contribution in [0.25, 0.3) is 5.57 Å². The first-order valence-corrected chi connectivity index (χ1v) is 8.21. The molecule has 0 aliphatic rings. The molecule has 110 valence electrons. The molecule has 0 aliphatic carbocycles. The van der Waals surface area contributed by atoms with Gasteiger partial charge in [-0.15, -0.1) is 11.3 Å². The standard InChI is InChI=1S/C16H14N4S2/c1-10-4-14(22-9-18)5-11(2)15(10)19-7-13(6-17)16-20-12(3)8-21-16/h4-5,7-8,19H,1-3H3/b13-7+. The van der Waals surface area contributed by atoms with E-state index in [2.05, 4.69) is 21.8 Å². The van der Waals surface area contributed by atoms with Crippen molar-refractivity contribution in [2.24, 2.45) is 0 Å². The maximum absolute atomic E-state index is 9.29. The monoisotopic (exact) mass is 326 g/mol. The molecule has 2 aromatic rings. The van der Waals surface area contributed by atoms with E-state index in [1.165, 1.54) is 11.3 Å². The van der Waals surface area contributed by atoms with Crippen molar-refractivity contribution >= 4 is 34.4 Å². The number of allylic oxidation sites excluding steroid dienone is 1. The molecule has 0 atom stereocenters. The maximum atomic E-state index is 9.29. The van der Waals surface area contributed by atoms with Crippen molar-refractivity contribution in [2.75, 3.05) is 5.32 Å². The molecule has 4 nitrogen and oxygen atoms in total. The number of anilines is 1. The molecule has 0 amide bonds. The van der Waals surface area contributed by atoms with Crippen LogP contribution in [0.2, 0.25) is 0 Å². The molecule has 0 fully saturated rings. The molecule has 0 aliphatic heterocycles. The summed E-state index contributed by atoms with van der Waals surface area (Å²) >= 11 is 2.60. The molecule has 0 saturated heterocycles. The number of nitriles is 2. The van der Waals surface area contributed by atoms with Gasteiger partial charge in [0.2, 0.25) is 0 Å². The van der Waals surface area contributed by atoms with E-state index in [0.29, 0.717) is 10.6 Å². The van der Waals surface area contributed by atoms with Crippen LogP contribution in [0.15, 0.2) is 28.6 Å². The molecule has 0 bridgehead atoms. The van der Waals surface area contributed by atoms with Crippen LogP contribution < -0.4 is 5.32 Å². The minimum absolute atomic E-state index is 0.507. The molecule has 0 radical (unpaired) electrons. The summed E-state index contributed by atoms with van der Waals surface area (Å²) in [5.74, 6) is 0. The van der Waals surface area contributed by atoms with E-state index in [1.807, 2.05) is 38.3 Å². The number of aromatic nitrogens is 1. The summed E-state index contributed by atoms with van der Waals surface area (Å²) < 4.78 is 0. The zero-order valence-corrected chi connectivity index (χ0v) is 14.1. The van der Waals surface area contributed by atoms with E-state index in [1.54, 1.807) is 6.20 Å². The number of hydrogen-bond donors (Lipinski definition) is 1. The van der Waals surface area contributed by atoms with E-state index in [9.17, 15) is 5.26 Å². The molecule has 22 heavy (non-hydrogen) atoms. The second-order valence-corrected chi connectivity index (χ2v) is 6.45. The average molecular weight is 326 g/mol. The zero-order valence-electron chi connectivity index (χ0n) is 12.5. The summed E-state index contributed by atoms with van der Waals surface area (Å²) in [5.41, 5.74) is 4.42. The van der Waals surface area contributed by atoms with Gasteiger partial charge < -0.3 is 5.32 Å². The van der Waals surface area contributed by atoms with Crippen molar-refractivity contribution in [2.45, 2.75) is 25.7 Å². The Morgan fingerprint density at radius 2 is 1.95 bits per heavy atom. The average Bonchev–Trinajstić information content (AvgIpc) is 2.89. The fourth-order valence-corrected chi connectivity index (χ4v) is 3.37. The van der Waals surface area contributed by atoms with E-state index >= 15 is 0 Å². The minimum Gasteiger partial charge on any atom is -0.360 e. The summed E-state index contributed by atoms with van der Waals surface area (Å²) in [4.78, 5) is 5.25. The summed E-state index contributed by atoms with van der Waals surface area (Å²) in [5, 5.41) is 25.9. The third kappa shape index (κ3) is 3.67. The summed E-state index contributed by atoms with van der Waals surface area (Å²) in [6, 6.07) is 6.08. The Balaban J connectivity index is 2.29. The van der Waals surface area contributed by atoms with Gasteiger partial charge in [-0.25, -0.2) is 4.98 Å². The van der Waals surface area contributed by atoms with Crippen molar-refractivity contribution in [3.8, 4) is 11.5 Å². The summed E-state index contributed by atoms with van der Waals surface area (Å²) in [7, 11) is 0. The lowest BCUT2D eigenvalue weighted by Gasteiger charge is -2.11. The fourth-order valence-electron chi connectivity index (χ4n) is 2.03. The zero-order chi connectivity index (χ0) is 16.1. The second-order valence-electron chi connectivity index (χ2n) is 4.73. The number of thiocyanates is 1. The van der Waals surface area contributed by atoms with Crippen LogP contribution >= 0.6 is 23.1 Å². The van der Waals surface area contributed by atoms with Crippen LogP contribution in [0, 0.1) is 42.8 Å². The highest BCUT2D eigenvalue weighted by atomic mass is 32.2. The Kier molecular flexibility index (Phi) is 5.21. The Morgan fingerprint density at radius 1 is 1.27 bits per heavy atom. The van der Waals surface area contributed by atoms with Crippen LogP contribution in [-0.4, -0.2) is 4.98 Å². The number of thioether (sulfide) groups is 1. The first-order chi connectivity index (χ1) is 10.5. The number of thiazole rings is 1. The first-order valence-electron chi connectivity index (χ1n) is 6.51. The smallest absolute Gasteiger partial charge is 0.138 e. The number of aryl methyl sites for hydroxylation is 3. The van der Waals surface area contributed by atoms with Gasteiger partial charge in [0.25, 0.3) is 0 Å². The van der Waals surface area contributed by atoms with Gasteiger partial charge in [-0.2, -0.15) is 10.5 Å². The highest BCUT2D eigenvalue weighted by Crippen LogP contribution is 2.28.